The smallest absolute Gasteiger partial charge is 0.121 e. The van der Waals surface area contributed by atoms with Crippen LogP contribution < -0.4 is 5.73 Å². The topological polar surface area (TPSA) is 63.1 Å². The number of nitrogens with two attached hydrogens (primary N) is 1. The summed E-state index contributed by atoms with van der Waals surface area (Å²) in [6.45, 7) is 1.65. The van der Waals surface area contributed by atoms with Crippen molar-refractivity contribution < 1.29 is 0 Å². The van der Waals surface area contributed by atoms with Crippen molar-refractivity contribution in [2.75, 3.05) is 7.05 Å². The average molecular weight is 100 g/mol. The molecule has 0 aromatic rings. The SMILES string of the molecule is CN=NN=C(C)N. The summed E-state index contributed by atoms with van der Waals surface area (Å²) in [5, 5.41) is 9.99. The van der Waals surface area contributed by atoms with E-state index in [1.165, 1.54) is 7.05 Å². The summed E-state index contributed by atoms with van der Waals surface area (Å²) in [5.41, 5.74) is 5.07. The lowest BCUT2D eigenvalue weighted by molar-refractivity contribution is 1.01. The molecule has 4 nitrogen and oxygen atoms in total. The van der Waals surface area contributed by atoms with Crippen LogP contribution in [-0.4, -0.2) is 12.9 Å². The van der Waals surface area contributed by atoms with Gasteiger partial charge in [-0.15, -0.1) is 5.10 Å². The minimum atomic E-state index is 0.422. The van der Waals surface area contributed by atoms with E-state index in [4.69, 9.17) is 5.73 Å². The predicted molar refractivity (Wildman–Crippen MR) is 28.1 cm³/mol. The molecule has 0 atom stereocenters. The summed E-state index contributed by atoms with van der Waals surface area (Å²) in [6, 6.07) is 0. The number of rotatable bonds is 1. The van der Waals surface area contributed by atoms with Crippen molar-refractivity contribution in [3.63, 3.8) is 0 Å². The van der Waals surface area contributed by atoms with E-state index >= 15 is 0 Å². The Balaban J connectivity index is 3.46. The number of hydrogen-bond acceptors (Lipinski definition) is 2. The highest BCUT2D eigenvalue weighted by molar-refractivity contribution is 5.77. The Bertz CT molecular complexity index is 89.1. The molecule has 0 unspecified atom stereocenters. The van der Waals surface area contributed by atoms with Crippen molar-refractivity contribution in [1.29, 1.82) is 0 Å². The van der Waals surface area contributed by atoms with Crippen LogP contribution in [0, 0.1) is 0 Å². The lowest BCUT2D eigenvalue weighted by atomic mass is 10.7. The molecule has 0 amide bonds. The van der Waals surface area contributed by atoms with E-state index in [1.54, 1.807) is 6.92 Å². The lowest BCUT2D eigenvalue weighted by Gasteiger charge is -1.77. The van der Waals surface area contributed by atoms with E-state index in [1.807, 2.05) is 0 Å². The summed E-state index contributed by atoms with van der Waals surface area (Å²) < 4.78 is 0. The van der Waals surface area contributed by atoms with E-state index in [2.05, 4.69) is 15.4 Å². The third kappa shape index (κ3) is 5.07. The largest absolute Gasteiger partial charge is 0.386 e. The van der Waals surface area contributed by atoms with Gasteiger partial charge < -0.3 is 5.73 Å². The van der Waals surface area contributed by atoms with Gasteiger partial charge in [-0.25, -0.2) is 0 Å². The molecule has 0 bridgehead atoms. The normalized spacial score (nSPS) is 13.1. The number of amidine groups is 1. The summed E-state index contributed by atoms with van der Waals surface area (Å²) in [6.07, 6.45) is 0. The summed E-state index contributed by atoms with van der Waals surface area (Å²) in [5.74, 6) is 0.422. The van der Waals surface area contributed by atoms with Crippen molar-refractivity contribution in [2.24, 2.45) is 21.2 Å². The fourth-order valence-corrected chi connectivity index (χ4v) is 0.115. The van der Waals surface area contributed by atoms with Crippen molar-refractivity contribution in [1.82, 2.24) is 0 Å². The van der Waals surface area contributed by atoms with Gasteiger partial charge in [0.25, 0.3) is 0 Å². The second kappa shape index (κ2) is 3.27. The summed E-state index contributed by atoms with van der Waals surface area (Å²) in [7, 11) is 1.53. The van der Waals surface area contributed by atoms with Gasteiger partial charge in [0, 0.05) is 0 Å². The maximum atomic E-state index is 5.07. The first kappa shape index (κ1) is 6.07. The lowest BCUT2D eigenvalue weighted by Crippen LogP contribution is -2.03. The predicted octanol–water partition coefficient (Wildman–Crippen LogP) is 0.361. The third-order valence-electron chi connectivity index (χ3n) is 0.292. The van der Waals surface area contributed by atoms with Crippen molar-refractivity contribution in [3.05, 3.63) is 0 Å². The fraction of sp³-hybridized carbons (Fsp3) is 0.667. The van der Waals surface area contributed by atoms with E-state index in [9.17, 15) is 0 Å². The highest BCUT2D eigenvalue weighted by atomic mass is 15.4. The molecule has 2 N–H and O–H groups in total. The summed E-state index contributed by atoms with van der Waals surface area (Å²) in [4.78, 5) is 0. The zero-order valence-electron chi connectivity index (χ0n) is 4.42. The minimum absolute atomic E-state index is 0.422. The first-order valence-electron chi connectivity index (χ1n) is 1.86. The van der Waals surface area contributed by atoms with Gasteiger partial charge in [0.15, 0.2) is 0 Å². The molecule has 0 aliphatic carbocycles. The standard InChI is InChI=1S/C3H8N4/c1-3(4)6-7-5-2/h1-2H3,(H2,4,5,6). The molecule has 40 valence electrons. The fourth-order valence-electron chi connectivity index (χ4n) is 0.115. The Morgan fingerprint density at radius 3 is 2.29 bits per heavy atom. The van der Waals surface area contributed by atoms with Crippen LogP contribution in [0.1, 0.15) is 6.92 Å². The van der Waals surface area contributed by atoms with Gasteiger partial charge >= 0.3 is 0 Å². The molecule has 7 heavy (non-hydrogen) atoms. The molecule has 0 aromatic carbocycles. The molecule has 0 spiro atoms. The van der Waals surface area contributed by atoms with Gasteiger partial charge in [-0.05, 0) is 12.1 Å². The molecule has 0 saturated heterocycles. The van der Waals surface area contributed by atoms with Crippen LogP contribution in [0.15, 0.2) is 15.4 Å². The van der Waals surface area contributed by atoms with Gasteiger partial charge in [-0.3, -0.25) is 0 Å². The Labute approximate surface area is 42.1 Å². The van der Waals surface area contributed by atoms with Gasteiger partial charge in [-0.2, -0.15) is 5.11 Å². The highest BCUT2D eigenvalue weighted by Crippen LogP contribution is 1.70. The summed E-state index contributed by atoms with van der Waals surface area (Å²) >= 11 is 0. The number of nitrogens with zero attached hydrogens (tertiary/aromatic N) is 3. The second-order valence-corrected chi connectivity index (χ2v) is 1.03. The molecular formula is C3H8N4. The van der Waals surface area contributed by atoms with Crippen LogP contribution in [0.3, 0.4) is 0 Å². The molecule has 4 heteroatoms. The monoisotopic (exact) mass is 100 g/mol. The molecule has 0 radical (unpaired) electrons. The Morgan fingerprint density at radius 2 is 2.14 bits per heavy atom. The maximum absolute atomic E-state index is 5.07. The van der Waals surface area contributed by atoms with Crippen LogP contribution >= 0.6 is 0 Å². The van der Waals surface area contributed by atoms with E-state index in [0.717, 1.165) is 0 Å². The maximum Gasteiger partial charge on any atom is 0.121 e. The van der Waals surface area contributed by atoms with Crippen LogP contribution in [0.25, 0.3) is 0 Å². The third-order valence-corrected chi connectivity index (χ3v) is 0.292. The first-order chi connectivity index (χ1) is 3.27. The van der Waals surface area contributed by atoms with Crippen molar-refractivity contribution in [2.45, 2.75) is 6.92 Å². The molecule has 0 saturated carbocycles. The minimum Gasteiger partial charge on any atom is -0.386 e. The highest BCUT2D eigenvalue weighted by Gasteiger charge is 1.68. The van der Waals surface area contributed by atoms with Crippen molar-refractivity contribution in [3.8, 4) is 0 Å². The molecule has 0 aliphatic heterocycles. The molecule has 0 aliphatic rings. The Kier molecular flexibility index (Phi) is 2.83. The van der Waals surface area contributed by atoms with E-state index in [-0.39, 0.29) is 0 Å². The van der Waals surface area contributed by atoms with Crippen LogP contribution in [0.5, 0.6) is 0 Å². The Hall–Kier alpha value is -0.930. The van der Waals surface area contributed by atoms with E-state index < -0.39 is 0 Å². The molecule has 0 aromatic heterocycles. The van der Waals surface area contributed by atoms with Crippen LogP contribution in [-0.2, 0) is 0 Å². The molecule has 0 fully saturated rings. The van der Waals surface area contributed by atoms with Gasteiger partial charge in [-0.1, -0.05) is 0 Å². The van der Waals surface area contributed by atoms with Gasteiger partial charge in [0.1, 0.15) is 5.84 Å². The second-order valence-electron chi connectivity index (χ2n) is 1.03. The van der Waals surface area contributed by atoms with E-state index in [0.29, 0.717) is 5.84 Å². The quantitative estimate of drug-likeness (QED) is 0.220. The zero-order valence-corrected chi connectivity index (χ0v) is 4.42. The van der Waals surface area contributed by atoms with Crippen molar-refractivity contribution >= 4 is 5.84 Å². The average Bonchev–Trinajstić information content (AvgIpc) is 1.61. The zero-order chi connectivity index (χ0) is 5.70. The number of hydrogen-bond donors (Lipinski definition) is 1. The van der Waals surface area contributed by atoms with Gasteiger partial charge in [0.2, 0.25) is 0 Å². The Morgan fingerprint density at radius 1 is 1.57 bits per heavy atom. The van der Waals surface area contributed by atoms with Crippen LogP contribution in [0.2, 0.25) is 0 Å². The molecule has 0 rings (SSSR count). The molecule has 0 heterocycles. The van der Waals surface area contributed by atoms with Crippen LogP contribution in [0.4, 0.5) is 0 Å². The van der Waals surface area contributed by atoms with Gasteiger partial charge in [0.05, 0.1) is 7.05 Å². The molecular weight excluding hydrogens is 92.1 g/mol. The first-order valence-corrected chi connectivity index (χ1v) is 1.86.